The summed E-state index contributed by atoms with van der Waals surface area (Å²) in [6.45, 7) is 10.7. The highest BCUT2D eigenvalue weighted by molar-refractivity contribution is 5.75. The standard InChI is InChI=1S/C76H142O11/c1-6-11-16-21-26-31-36-41-46-51-56-61-70(78)83-67-69(85-72(80)63-58-53-48-43-38-33-28-23-18-13-8-3)76(87-74(82)65-60-55-50-45-40-35-30-25-20-15-10-5)75(86-73(81)64-59-54-49-44-39-34-29-24-19-14-9-4)68(66-77)84-71(79)62-57-52-47-42-37-32-27-22-17-12-7-2/h66,68-69,75-76H,6-65,67H2,1-5H3. The summed E-state index contributed by atoms with van der Waals surface area (Å²) in [6, 6.07) is 0. The van der Waals surface area contributed by atoms with Crippen LogP contribution in [-0.2, 0) is 52.5 Å². The summed E-state index contributed by atoms with van der Waals surface area (Å²) in [7, 11) is 0. The second-order valence-electron chi connectivity index (χ2n) is 26.1. The van der Waals surface area contributed by atoms with Gasteiger partial charge in [-0.25, -0.2) is 0 Å². The van der Waals surface area contributed by atoms with Crippen LogP contribution in [0.5, 0.6) is 0 Å². The molecule has 0 saturated carbocycles. The fraction of sp³-hybridized carbons (Fsp3) is 0.921. The minimum Gasteiger partial charge on any atom is -0.462 e. The van der Waals surface area contributed by atoms with Crippen LogP contribution in [0.2, 0.25) is 0 Å². The summed E-state index contributed by atoms with van der Waals surface area (Å²) in [5, 5.41) is 0. The third-order valence-corrected chi connectivity index (χ3v) is 17.6. The Kier molecular flexibility index (Phi) is 65.1. The summed E-state index contributed by atoms with van der Waals surface area (Å²) in [5.74, 6) is -2.97. The van der Waals surface area contributed by atoms with E-state index < -0.39 is 60.9 Å². The number of aldehydes is 1. The van der Waals surface area contributed by atoms with Crippen molar-refractivity contribution in [1.82, 2.24) is 0 Å². The molecule has 0 aromatic carbocycles. The Morgan fingerprint density at radius 3 is 0.678 bits per heavy atom. The van der Waals surface area contributed by atoms with Gasteiger partial charge in [0, 0.05) is 32.1 Å². The topological polar surface area (TPSA) is 149 Å². The van der Waals surface area contributed by atoms with Crippen LogP contribution in [0, 0.1) is 0 Å². The molecule has 87 heavy (non-hydrogen) atoms. The average molecular weight is 1230 g/mol. The van der Waals surface area contributed by atoms with Gasteiger partial charge in [-0.3, -0.25) is 28.8 Å². The van der Waals surface area contributed by atoms with E-state index in [1.807, 2.05) is 0 Å². The zero-order valence-corrected chi connectivity index (χ0v) is 58.0. The van der Waals surface area contributed by atoms with Crippen molar-refractivity contribution < 1.29 is 52.5 Å². The quantitative estimate of drug-likeness (QED) is 0.0248. The minimum absolute atomic E-state index is 0.0302. The molecule has 0 heterocycles. The Hall–Kier alpha value is -2.98. The highest BCUT2D eigenvalue weighted by atomic mass is 16.6. The molecule has 0 rings (SSSR count). The number of hydrogen-bond acceptors (Lipinski definition) is 11. The molecule has 0 aromatic rings. The summed E-state index contributed by atoms with van der Waals surface area (Å²) in [5.41, 5.74) is 0. The van der Waals surface area contributed by atoms with Gasteiger partial charge in [-0.05, 0) is 32.1 Å². The van der Waals surface area contributed by atoms with E-state index in [1.165, 1.54) is 199 Å². The van der Waals surface area contributed by atoms with Gasteiger partial charge in [0.1, 0.15) is 6.61 Å². The second kappa shape index (κ2) is 67.4. The first-order chi connectivity index (χ1) is 42.7. The average Bonchev–Trinajstić information content (AvgIpc) is 3.55. The van der Waals surface area contributed by atoms with Crippen molar-refractivity contribution >= 4 is 36.1 Å². The molecule has 0 amide bonds. The van der Waals surface area contributed by atoms with Crippen molar-refractivity contribution in [3.8, 4) is 0 Å². The summed E-state index contributed by atoms with van der Waals surface area (Å²) >= 11 is 0. The Morgan fingerprint density at radius 1 is 0.241 bits per heavy atom. The van der Waals surface area contributed by atoms with Crippen molar-refractivity contribution in [3.05, 3.63) is 0 Å². The van der Waals surface area contributed by atoms with Gasteiger partial charge < -0.3 is 23.7 Å². The third-order valence-electron chi connectivity index (χ3n) is 17.6. The van der Waals surface area contributed by atoms with Gasteiger partial charge in [0.05, 0.1) is 0 Å². The van der Waals surface area contributed by atoms with Gasteiger partial charge in [0.2, 0.25) is 0 Å². The molecule has 0 saturated heterocycles. The smallest absolute Gasteiger partial charge is 0.306 e. The van der Waals surface area contributed by atoms with Gasteiger partial charge in [-0.1, -0.05) is 356 Å². The van der Waals surface area contributed by atoms with E-state index in [-0.39, 0.29) is 32.1 Å². The van der Waals surface area contributed by atoms with E-state index in [9.17, 15) is 28.8 Å². The fourth-order valence-electron chi connectivity index (χ4n) is 11.8. The first-order valence-corrected chi connectivity index (χ1v) is 38.1. The molecule has 0 aromatic heterocycles. The van der Waals surface area contributed by atoms with Gasteiger partial charge in [-0.15, -0.1) is 0 Å². The van der Waals surface area contributed by atoms with Crippen molar-refractivity contribution in [2.75, 3.05) is 6.61 Å². The Bertz CT molecular complexity index is 1530. The molecule has 0 bridgehead atoms. The van der Waals surface area contributed by atoms with Crippen molar-refractivity contribution in [2.24, 2.45) is 0 Å². The maximum Gasteiger partial charge on any atom is 0.306 e. The van der Waals surface area contributed by atoms with Crippen LogP contribution in [0.4, 0.5) is 0 Å². The molecular formula is C76H142O11. The number of carbonyl (C=O) groups is 6. The predicted molar refractivity (Wildman–Crippen MR) is 362 cm³/mol. The lowest BCUT2D eigenvalue weighted by Crippen LogP contribution is -2.54. The van der Waals surface area contributed by atoms with Crippen LogP contribution in [0.25, 0.3) is 0 Å². The zero-order chi connectivity index (χ0) is 63.6. The van der Waals surface area contributed by atoms with Crippen molar-refractivity contribution in [2.45, 2.75) is 444 Å². The Balaban J connectivity index is 6.67. The highest BCUT2D eigenvalue weighted by Crippen LogP contribution is 2.25. The van der Waals surface area contributed by atoms with Crippen LogP contribution in [0.3, 0.4) is 0 Å². The van der Waals surface area contributed by atoms with E-state index in [0.29, 0.717) is 38.4 Å². The van der Waals surface area contributed by atoms with E-state index in [2.05, 4.69) is 34.6 Å². The number of rotatable bonds is 70. The van der Waals surface area contributed by atoms with Gasteiger partial charge >= 0.3 is 29.8 Å². The molecule has 512 valence electrons. The van der Waals surface area contributed by atoms with Crippen LogP contribution < -0.4 is 0 Å². The van der Waals surface area contributed by atoms with E-state index in [1.54, 1.807) is 0 Å². The van der Waals surface area contributed by atoms with E-state index in [4.69, 9.17) is 23.7 Å². The van der Waals surface area contributed by atoms with Crippen LogP contribution in [0.15, 0.2) is 0 Å². The Labute approximate surface area is 537 Å². The second-order valence-corrected chi connectivity index (χ2v) is 26.1. The molecule has 0 radical (unpaired) electrons. The van der Waals surface area contributed by atoms with E-state index >= 15 is 0 Å². The molecule has 0 aliphatic carbocycles. The molecule has 0 N–H and O–H groups in total. The first-order valence-electron chi connectivity index (χ1n) is 38.1. The normalized spacial score (nSPS) is 12.8. The van der Waals surface area contributed by atoms with Crippen LogP contribution >= 0.6 is 0 Å². The molecule has 0 aliphatic rings. The lowest BCUT2D eigenvalue weighted by Gasteiger charge is -2.34. The maximum atomic E-state index is 14.2. The molecule has 11 nitrogen and oxygen atoms in total. The van der Waals surface area contributed by atoms with Gasteiger partial charge in [0.15, 0.2) is 30.7 Å². The minimum atomic E-state index is -1.69. The number of esters is 5. The SMILES string of the molecule is CCCCCCCCCCCCCC(=O)OCC(OC(=O)CCCCCCCCCCCCC)C(OC(=O)CCCCCCCCCCCCC)C(OC(=O)CCCCCCCCCCCCC)C(C=O)OC(=O)CCCCCCCCCCCCC. The largest absolute Gasteiger partial charge is 0.462 e. The first kappa shape index (κ1) is 84.0. The maximum absolute atomic E-state index is 14.2. The molecule has 0 spiro atoms. The lowest BCUT2D eigenvalue weighted by atomic mass is 10.0. The summed E-state index contributed by atoms with van der Waals surface area (Å²) < 4.78 is 30.6. The predicted octanol–water partition coefficient (Wildman–Crippen LogP) is 22.9. The zero-order valence-electron chi connectivity index (χ0n) is 58.0. The molecular weight excluding hydrogens is 1090 g/mol. The van der Waals surface area contributed by atoms with Crippen molar-refractivity contribution in [1.29, 1.82) is 0 Å². The number of unbranched alkanes of at least 4 members (excludes halogenated alkanes) is 50. The van der Waals surface area contributed by atoms with Crippen LogP contribution in [-0.4, -0.2) is 67.2 Å². The van der Waals surface area contributed by atoms with Crippen molar-refractivity contribution in [3.63, 3.8) is 0 Å². The lowest BCUT2D eigenvalue weighted by molar-refractivity contribution is -0.204. The molecule has 0 fully saturated rings. The molecule has 11 heteroatoms. The molecule has 4 unspecified atom stereocenters. The number of hydrogen-bond donors (Lipinski definition) is 0. The monoisotopic (exact) mass is 1230 g/mol. The summed E-state index contributed by atoms with van der Waals surface area (Å²) in [6.07, 6.45) is 55.4. The van der Waals surface area contributed by atoms with Gasteiger partial charge in [-0.2, -0.15) is 0 Å². The molecule has 4 atom stereocenters. The fourth-order valence-corrected chi connectivity index (χ4v) is 11.8. The highest BCUT2D eigenvalue weighted by Gasteiger charge is 2.45. The summed E-state index contributed by atoms with van der Waals surface area (Å²) in [4.78, 5) is 83.0. The third kappa shape index (κ3) is 57.9. The Morgan fingerprint density at radius 2 is 0.437 bits per heavy atom. The number of ether oxygens (including phenoxy) is 5. The van der Waals surface area contributed by atoms with Gasteiger partial charge in [0.25, 0.3) is 0 Å². The number of carbonyl (C=O) groups excluding carboxylic acids is 6. The van der Waals surface area contributed by atoms with E-state index in [0.717, 1.165) is 122 Å². The van der Waals surface area contributed by atoms with Crippen LogP contribution in [0.1, 0.15) is 420 Å². The molecule has 0 aliphatic heterocycles.